The van der Waals surface area contributed by atoms with Crippen LogP contribution in [0.15, 0.2) is 17.4 Å². The molecule has 0 atom stereocenters. The van der Waals surface area contributed by atoms with Gasteiger partial charge in [-0.05, 0) is 18.8 Å². The molecule has 1 aromatic heterocycles. The first-order valence-corrected chi connectivity index (χ1v) is 7.86. The molecule has 0 spiro atoms. The van der Waals surface area contributed by atoms with E-state index in [-0.39, 0.29) is 24.0 Å². The van der Waals surface area contributed by atoms with Crippen LogP contribution in [-0.4, -0.2) is 35.1 Å². The summed E-state index contributed by atoms with van der Waals surface area (Å²) in [7, 11) is 0. The van der Waals surface area contributed by atoms with E-state index in [0.29, 0.717) is 24.7 Å². The van der Waals surface area contributed by atoms with E-state index in [2.05, 4.69) is 41.4 Å². The van der Waals surface area contributed by atoms with Crippen molar-refractivity contribution in [3.05, 3.63) is 18.2 Å². The van der Waals surface area contributed by atoms with E-state index < -0.39 is 6.55 Å². The summed E-state index contributed by atoms with van der Waals surface area (Å²) in [5.74, 6) is 1.73. The molecule has 1 rings (SSSR count). The number of nitrogens with one attached hydrogen (secondary N) is 2. The topological polar surface area (TPSA) is 54.2 Å². The van der Waals surface area contributed by atoms with Crippen molar-refractivity contribution in [1.82, 2.24) is 20.2 Å². The quantitative estimate of drug-likeness (QED) is 0.350. The van der Waals surface area contributed by atoms with Gasteiger partial charge in [0.05, 0.1) is 0 Å². The zero-order chi connectivity index (χ0) is 16.4. The zero-order valence-corrected chi connectivity index (χ0v) is 16.4. The van der Waals surface area contributed by atoms with Gasteiger partial charge >= 0.3 is 6.55 Å². The lowest BCUT2D eigenvalue weighted by molar-refractivity contribution is 0.0670. The number of alkyl halides is 2. The van der Waals surface area contributed by atoms with Crippen LogP contribution in [0.25, 0.3) is 0 Å². The SMILES string of the molecule is CCCN=C(NCCc1nccn1C(F)F)NCCC(C)C.I. The van der Waals surface area contributed by atoms with Gasteiger partial charge in [0, 0.05) is 38.4 Å². The number of rotatable bonds is 9. The molecule has 134 valence electrons. The predicted molar refractivity (Wildman–Crippen MR) is 101 cm³/mol. The Morgan fingerprint density at radius 2 is 2.00 bits per heavy atom. The Kier molecular flexibility index (Phi) is 12.0. The largest absolute Gasteiger partial charge is 0.356 e. The average Bonchev–Trinajstić information content (AvgIpc) is 2.92. The molecule has 1 aromatic rings. The Hall–Kier alpha value is -0.930. The maximum absolute atomic E-state index is 12.7. The standard InChI is InChI=1S/C15H27F2N5.HI/c1-4-7-19-15(20-8-5-12(2)3)21-9-6-13-18-10-11-22(13)14(16)17;/h10-12,14H,4-9H2,1-3H3,(H2,19,20,21);1H. The summed E-state index contributed by atoms with van der Waals surface area (Å²) in [4.78, 5) is 8.40. The van der Waals surface area contributed by atoms with E-state index in [1.807, 2.05) is 0 Å². The van der Waals surface area contributed by atoms with Crippen molar-refractivity contribution in [2.75, 3.05) is 19.6 Å². The van der Waals surface area contributed by atoms with Crippen molar-refractivity contribution in [3.8, 4) is 0 Å². The summed E-state index contributed by atoms with van der Waals surface area (Å²) >= 11 is 0. The van der Waals surface area contributed by atoms with Crippen molar-refractivity contribution in [2.24, 2.45) is 10.9 Å². The number of imidazole rings is 1. The fraction of sp³-hybridized carbons (Fsp3) is 0.733. The molecule has 0 saturated carbocycles. The molecule has 2 N–H and O–H groups in total. The van der Waals surface area contributed by atoms with E-state index in [1.54, 1.807) is 0 Å². The van der Waals surface area contributed by atoms with Crippen LogP contribution in [-0.2, 0) is 6.42 Å². The molecular weight excluding hydrogens is 415 g/mol. The third kappa shape index (κ3) is 9.07. The fourth-order valence-corrected chi connectivity index (χ4v) is 1.89. The summed E-state index contributed by atoms with van der Waals surface area (Å²) in [6, 6.07) is 0. The van der Waals surface area contributed by atoms with Gasteiger partial charge in [-0.2, -0.15) is 8.78 Å². The van der Waals surface area contributed by atoms with Crippen LogP contribution in [0.5, 0.6) is 0 Å². The highest BCUT2D eigenvalue weighted by Crippen LogP contribution is 2.12. The first kappa shape index (κ1) is 22.1. The number of aromatic nitrogens is 2. The molecule has 0 unspecified atom stereocenters. The number of guanidine groups is 1. The molecule has 0 amide bonds. The number of aliphatic imine (C=N–C) groups is 1. The monoisotopic (exact) mass is 443 g/mol. The number of hydrogen-bond acceptors (Lipinski definition) is 2. The van der Waals surface area contributed by atoms with Gasteiger partial charge < -0.3 is 10.6 Å². The third-order valence-electron chi connectivity index (χ3n) is 3.11. The van der Waals surface area contributed by atoms with Gasteiger partial charge in [0.1, 0.15) is 5.82 Å². The minimum atomic E-state index is -2.55. The van der Waals surface area contributed by atoms with Crippen molar-refractivity contribution >= 4 is 29.9 Å². The van der Waals surface area contributed by atoms with Gasteiger partial charge in [0.25, 0.3) is 0 Å². The third-order valence-corrected chi connectivity index (χ3v) is 3.11. The Morgan fingerprint density at radius 3 is 2.61 bits per heavy atom. The number of nitrogens with zero attached hydrogens (tertiary/aromatic N) is 3. The number of halogens is 3. The van der Waals surface area contributed by atoms with Gasteiger partial charge in [-0.3, -0.25) is 9.56 Å². The van der Waals surface area contributed by atoms with Gasteiger partial charge in [-0.15, -0.1) is 24.0 Å². The Morgan fingerprint density at radius 1 is 1.30 bits per heavy atom. The van der Waals surface area contributed by atoms with E-state index in [9.17, 15) is 8.78 Å². The van der Waals surface area contributed by atoms with E-state index in [1.165, 1.54) is 12.4 Å². The second-order valence-electron chi connectivity index (χ2n) is 5.54. The second kappa shape index (κ2) is 12.5. The van der Waals surface area contributed by atoms with Crippen LogP contribution in [0.3, 0.4) is 0 Å². The van der Waals surface area contributed by atoms with Crippen LogP contribution >= 0.6 is 24.0 Å². The van der Waals surface area contributed by atoms with Crippen molar-refractivity contribution in [2.45, 2.75) is 46.6 Å². The van der Waals surface area contributed by atoms with E-state index in [0.717, 1.165) is 36.5 Å². The fourth-order valence-electron chi connectivity index (χ4n) is 1.89. The van der Waals surface area contributed by atoms with Crippen LogP contribution < -0.4 is 10.6 Å². The molecule has 0 aliphatic carbocycles. The summed E-state index contributed by atoms with van der Waals surface area (Å²) in [5.41, 5.74) is 0. The Bertz CT molecular complexity index is 449. The van der Waals surface area contributed by atoms with Gasteiger partial charge in [-0.1, -0.05) is 20.8 Å². The van der Waals surface area contributed by atoms with Gasteiger partial charge in [0.2, 0.25) is 0 Å². The number of hydrogen-bond donors (Lipinski definition) is 2. The Balaban J connectivity index is 0.00000484. The summed E-state index contributed by atoms with van der Waals surface area (Å²) in [6.07, 6.45) is 5.14. The first-order chi connectivity index (χ1) is 10.5. The van der Waals surface area contributed by atoms with Crippen molar-refractivity contribution in [3.63, 3.8) is 0 Å². The van der Waals surface area contributed by atoms with Crippen LogP contribution in [0.1, 0.15) is 46.0 Å². The lowest BCUT2D eigenvalue weighted by atomic mass is 10.1. The first-order valence-electron chi connectivity index (χ1n) is 7.86. The lowest BCUT2D eigenvalue weighted by Gasteiger charge is -2.14. The summed E-state index contributed by atoms with van der Waals surface area (Å²) in [6.45, 7) is 5.96. The van der Waals surface area contributed by atoms with Crippen molar-refractivity contribution in [1.29, 1.82) is 0 Å². The molecule has 1 heterocycles. The molecule has 8 heteroatoms. The van der Waals surface area contributed by atoms with Gasteiger partial charge in [0.15, 0.2) is 5.96 Å². The van der Waals surface area contributed by atoms with Crippen LogP contribution in [0, 0.1) is 5.92 Å². The molecule has 0 aliphatic heterocycles. The second-order valence-corrected chi connectivity index (χ2v) is 5.54. The van der Waals surface area contributed by atoms with E-state index >= 15 is 0 Å². The minimum absolute atomic E-state index is 0. The molecular formula is C15H28F2IN5. The molecule has 23 heavy (non-hydrogen) atoms. The summed E-state index contributed by atoms with van der Waals surface area (Å²) < 4.78 is 26.3. The maximum atomic E-state index is 12.7. The molecule has 0 aromatic carbocycles. The highest BCUT2D eigenvalue weighted by molar-refractivity contribution is 14.0. The zero-order valence-electron chi connectivity index (χ0n) is 14.1. The predicted octanol–water partition coefficient (Wildman–Crippen LogP) is 3.43. The molecule has 0 bridgehead atoms. The van der Waals surface area contributed by atoms with Gasteiger partial charge in [-0.25, -0.2) is 4.98 Å². The van der Waals surface area contributed by atoms with Crippen LogP contribution in [0.4, 0.5) is 8.78 Å². The molecule has 0 radical (unpaired) electrons. The summed E-state index contributed by atoms with van der Waals surface area (Å²) in [5, 5.41) is 6.44. The average molecular weight is 443 g/mol. The highest BCUT2D eigenvalue weighted by Gasteiger charge is 2.10. The molecule has 0 saturated heterocycles. The Labute approximate surface area is 154 Å². The van der Waals surface area contributed by atoms with E-state index in [4.69, 9.17) is 0 Å². The smallest absolute Gasteiger partial charge is 0.319 e. The lowest BCUT2D eigenvalue weighted by Crippen LogP contribution is -2.39. The minimum Gasteiger partial charge on any atom is -0.356 e. The van der Waals surface area contributed by atoms with Crippen LogP contribution in [0.2, 0.25) is 0 Å². The van der Waals surface area contributed by atoms with Crippen molar-refractivity contribution < 1.29 is 8.78 Å². The molecule has 0 aliphatic rings. The molecule has 5 nitrogen and oxygen atoms in total. The molecule has 0 fully saturated rings. The normalized spacial score (nSPS) is 11.7. The highest BCUT2D eigenvalue weighted by atomic mass is 127. The maximum Gasteiger partial charge on any atom is 0.319 e.